The number of benzene rings is 2. The van der Waals surface area contributed by atoms with Gasteiger partial charge in [0.1, 0.15) is 5.52 Å². The molecule has 4 rings (SSSR count). The summed E-state index contributed by atoms with van der Waals surface area (Å²) in [6, 6.07) is 17.7. The Bertz CT molecular complexity index is 1180. The topological polar surface area (TPSA) is 57.0 Å². The SMILES string of the molecule is COC(=O)c1ccccc1-c1ccc(Cn2c(SC)nc3c(C)ccnc32)cc1. The molecule has 0 radical (unpaired) electrons. The van der Waals surface area contributed by atoms with Crippen molar-refractivity contribution in [3.63, 3.8) is 0 Å². The number of methoxy groups -OCH3 is 1. The second-order valence-electron chi connectivity index (χ2n) is 6.72. The van der Waals surface area contributed by atoms with Gasteiger partial charge >= 0.3 is 5.97 Å². The number of ether oxygens (including phenoxy) is 1. The molecule has 0 amide bonds. The highest BCUT2D eigenvalue weighted by Crippen LogP contribution is 2.27. The normalized spacial score (nSPS) is 11.0. The van der Waals surface area contributed by atoms with Crippen LogP contribution in [-0.2, 0) is 11.3 Å². The van der Waals surface area contributed by atoms with Gasteiger partial charge in [0.25, 0.3) is 0 Å². The molecule has 0 aliphatic carbocycles. The Hall–Kier alpha value is -3.12. The van der Waals surface area contributed by atoms with Crippen LogP contribution in [-0.4, -0.2) is 33.9 Å². The number of esters is 1. The summed E-state index contributed by atoms with van der Waals surface area (Å²) >= 11 is 1.62. The highest BCUT2D eigenvalue weighted by Gasteiger charge is 2.15. The van der Waals surface area contributed by atoms with Crippen LogP contribution in [0.4, 0.5) is 0 Å². The molecule has 6 heteroatoms. The number of imidazole rings is 1. The van der Waals surface area contributed by atoms with Crippen LogP contribution in [0, 0.1) is 6.92 Å². The van der Waals surface area contributed by atoms with Crippen LogP contribution < -0.4 is 0 Å². The maximum Gasteiger partial charge on any atom is 0.338 e. The molecule has 0 atom stereocenters. The number of aromatic nitrogens is 3. The van der Waals surface area contributed by atoms with Crippen molar-refractivity contribution in [2.45, 2.75) is 18.6 Å². The van der Waals surface area contributed by atoms with Crippen molar-refractivity contribution in [3.8, 4) is 11.1 Å². The summed E-state index contributed by atoms with van der Waals surface area (Å²) in [7, 11) is 1.40. The lowest BCUT2D eigenvalue weighted by molar-refractivity contribution is 0.0601. The minimum Gasteiger partial charge on any atom is -0.465 e. The summed E-state index contributed by atoms with van der Waals surface area (Å²) in [6.45, 7) is 2.74. The minimum atomic E-state index is -0.333. The van der Waals surface area contributed by atoms with Crippen molar-refractivity contribution >= 4 is 28.9 Å². The molecule has 5 nitrogen and oxygen atoms in total. The third-order valence-electron chi connectivity index (χ3n) is 4.92. The van der Waals surface area contributed by atoms with Crippen molar-refractivity contribution in [1.82, 2.24) is 14.5 Å². The molecule has 2 aromatic heterocycles. The number of hydrogen-bond acceptors (Lipinski definition) is 5. The predicted molar refractivity (Wildman–Crippen MR) is 116 cm³/mol. The van der Waals surface area contributed by atoms with E-state index >= 15 is 0 Å². The summed E-state index contributed by atoms with van der Waals surface area (Å²) in [5, 5.41) is 0.946. The molecule has 0 fully saturated rings. The van der Waals surface area contributed by atoms with Crippen LogP contribution in [0.1, 0.15) is 21.5 Å². The van der Waals surface area contributed by atoms with Gasteiger partial charge in [0, 0.05) is 6.20 Å². The molecule has 29 heavy (non-hydrogen) atoms. The van der Waals surface area contributed by atoms with Gasteiger partial charge in [0.15, 0.2) is 10.8 Å². The molecule has 2 aromatic carbocycles. The smallest absolute Gasteiger partial charge is 0.338 e. The lowest BCUT2D eigenvalue weighted by Gasteiger charge is -2.10. The summed E-state index contributed by atoms with van der Waals surface area (Å²) < 4.78 is 7.05. The second-order valence-corrected chi connectivity index (χ2v) is 7.49. The minimum absolute atomic E-state index is 0.333. The number of nitrogens with zero attached hydrogens (tertiary/aromatic N) is 3. The zero-order valence-corrected chi connectivity index (χ0v) is 17.4. The van der Waals surface area contributed by atoms with E-state index in [2.05, 4.69) is 28.6 Å². The predicted octanol–water partition coefficient (Wildman–Crippen LogP) is 4.96. The first-order valence-corrected chi connectivity index (χ1v) is 10.5. The van der Waals surface area contributed by atoms with Gasteiger partial charge in [-0.15, -0.1) is 0 Å². The quantitative estimate of drug-likeness (QED) is 0.348. The van der Waals surface area contributed by atoms with Crippen LogP contribution in [0.2, 0.25) is 0 Å². The molecule has 2 heterocycles. The lowest BCUT2D eigenvalue weighted by Crippen LogP contribution is -2.04. The highest BCUT2D eigenvalue weighted by atomic mass is 32.2. The highest BCUT2D eigenvalue weighted by molar-refractivity contribution is 7.98. The molecule has 146 valence electrons. The molecule has 0 spiro atoms. The Kier molecular flexibility index (Phi) is 5.36. The molecular formula is C23H21N3O2S. The Balaban J connectivity index is 1.68. The number of thioether (sulfide) groups is 1. The molecule has 0 saturated carbocycles. The van der Waals surface area contributed by atoms with Gasteiger partial charge in [-0.2, -0.15) is 0 Å². The van der Waals surface area contributed by atoms with E-state index in [0.717, 1.165) is 38.6 Å². The van der Waals surface area contributed by atoms with Crippen LogP contribution >= 0.6 is 11.8 Å². The van der Waals surface area contributed by atoms with E-state index in [4.69, 9.17) is 9.72 Å². The van der Waals surface area contributed by atoms with Crippen LogP contribution in [0.25, 0.3) is 22.3 Å². The van der Waals surface area contributed by atoms with Crippen molar-refractivity contribution in [3.05, 3.63) is 77.5 Å². The second kappa shape index (κ2) is 8.09. The van der Waals surface area contributed by atoms with Gasteiger partial charge in [-0.05, 0) is 47.6 Å². The number of fused-ring (bicyclic) bond motifs is 1. The summed E-state index contributed by atoms with van der Waals surface area (Å²) in [4.78, 5) is 21.4. The summed E-state index contributed by atoms with van der Waals surface area (Å²) in [6.07, 6.45) is 3.85. The molecular weight excluding hydrogens is 382 g/mol. The maximum atomic E-state index is 12.1. The van der Waals surface area contributed by atoms with E-state index in [1.54, 1.807) is 17.8 Å². The largest absolute Gasteiger partial charge is 0.465 e. The molecule has 0 aliphatic rings. The van der Waals surface area contributed by atoms with Crippen molar-refractivity contribution in [1.29, 1.82) is 0 Å². The number of carbonyl (C=O) groups excluding carboxylic acids is 1. The number of rotatable bonds is 5. The van der Waals surface area contributed by atoms with E-state index in [9.17, 15) is 4.79 Å². The van der Waals surface area contributed by atoms with Crippen LogP contribution in [0.5, 0.6) is 0 Å². The zero-order valence-electron chi connectivity index (χ0n) is 16.5. The number of aryl methyl sites for hydroxylation is 1. The molecule has 0 N–H and O–H groups in total. The van der Waals surface area contributed by atoms with Gasteiger partial charge in [0.05, 0.1) is 19.2 Å². The van der Waals surface area contributed by atoms with E-state index in [1.807, 2.05) is 48.9 Å². The average Bonchev–Trinajstić information content (AvgIpc) is 3.12. The summed E-state index contributed by atoms with van der Waals surface area (Å²) in [5.74, 6) is -0.333. The Morgan fingerprint density at radius 2 is 1.86 bits per heavy atom. The van der Waals surface area contributed by atoms with Crippen molar-refractivity contribution in [2.24, 2.45) is 0 Å². The number of pyridine rings is 1. The van der Waals surface area contributed by atoms with E-state index < -0.39 is 0 Å². The monoisotopic (exact) mass is 403 g/mol. The Labute approximate surface area is 173 Å². The first kappa shape index (κ1) is 19.2. The Morgan fingerprint density at radius 1 is 1.10 bits per heavy atom. The zero-order chi connectivity index (χ0) is 20.4. The lowest BCUT2D eigenvalue weighted by atomic mass is 9.98. The van der Waals surface area contributed by atoms with E-state index in [0.29, 0.717) is 12.1 Å². The van der Waals surface area contributed by atoms with Gasteiger partial charge < -0.3 is 4.74 Å². The van der Waals surface area contributed by atoms with Crippen LogP contribution in [0.3, 0.4) is 0 Å². The first-order valence-electron chi connectivity index (χ1n) is 9.25. The fraction of sp³-hybridized carbons (Fsp3) is 0.174. The fourth-order valence-corrected chi connectivity index (χ4v) is 3.97. The van der Waals surface area contributed by atoms with Crippen molar-refractivity contribution < 1.29 is 9.53 Å². The van der Waals surface area contributed by atoms with E-state index in [1.165, 1.54) is 7.11 Å². The molecule has 0 bridgehead atoms. The standard InChI is InChI=1S/C23H21N3O2S/c1-15-12-13-24-21-20(15)25-23(29-3)26(21)14-16-8-10-17(11-9-16)18-6-4-5-7-19(18)22(27)28-2/h4-13H,14H2,1-3H3. The van der Waals surface area contributed by atoms with Gasteiger partial charge in [-0.25, -0.2) is 14.8 Å². The van der Waals surface area contributed by atoms with Crippen molar-refractivity contribution in [2.75, 3.05) is 13.4 Å². The average molecular weight is 404 g/mol. The van der Waals surface area contributed by atoms with Gasteiger partial charge in [0.2, 0.25) is 0 Å². The van der Waals surface area contributed by atoms with Gasteiger partial charge in [-0.1, -0.05) is 54.2 Å². The third-order valence-corrected chi connectivity index (χ3v) is 5.60. The van der Waals surface area contributed by atoms with Gasteiger partial charge in [-0.3, -0.25) is 4.57 Å². The van der Waals surface area contributed by atoms with E-state index in [-0.39, 0.29) is 5.97 Å². The molecule has 0 unspecified atom stereocenters. The third kappa shape index (κ3) is 3.63. The fourth-order valence-electron chi connectivity index (χ4n) is 3.41. The molecule has 0 aliphatic heterocycles. The first-order chi connectivity index (χ1) is 14.1. The Morgan fingerprint density at radius 3 is 2.59 bits per heavy atom. The van der Waals surface area contributed by atoms with Crippen LogP contribution in [0.15, 0.2) is 66.0 Å². The molecule has 0 saturated heterocycles. The summed E-state index contributed by atoms with van der Waals surface area (Å²) in [5.41, 5.74) is 6.51. The molecule has 4 aromatic rings. The maximum absolute atomic E-state index is 12.1. The number of carbonyl (C=O) groups is 1. The number of hydrogen-bond donors (Lipinski definition) is 0.